The second kappa shape index (κ2) is 4.58. The topological polar surface area (TPSA) is 90.9 Å². The Morgan fingerprint density at radius 2 is 1.79 bits per heavy atom. The van der Waals surface area contributed by atoms with Gasteiger partial charge in [-0.3, -0.25) is 0 Å². The fourth-order valence-electron chi connectivity index (χ4n) is 0.318. The molecule has 8 heteroatoms. The van der Waals surface area contributed by atoms with Crippen molar-refractivity contribution < 1.29 is 28.0 Å². The average molecular weight is 227 g/mol. The summed E-state index contributed by atoms with van der Waals surface area (Å²) in [7, 11) is -3.65. The summed E-state index contributed by atoms with van der Waals surface area (Å²) in [6.07, 6.45) is -0.462. The Morgan fingerprint density at radius 1 is 1.29 bits per heavy atom. The molecule has 0 aromatic heterocycles. The maximum atomic E-state index is 10.6. The van der Waals surface area contributed by atoms with Crippen molar-refractivity contribution in [3.8, 4) is 0 Å². The highest BCUT2D eigenvalue weighted by Gasteiger charge is 2.15. The quantitative estimate of drug-likeness (QED) is 0.552. The molecule has 1 N–H and O–H groups in total. The molecule has 0 bridgehead atoms. The lowest BCUT2D eigenvalue weighted by Crippen LogP contribution is -2.31. The smallest absolute Gasteiger partial charge is 0.245 e. The van der Waals surface area contributed by atoms with Crippen LogP contribution in [0.4, 0.5) is 4.79 Å². The Hall–Kier alpha value is -0.860. The van der Waals surface area contributed by atoms with E-state index in [1.165, 1.54) is 4.72 Å². The summed E-state index contributed by atoms with van der Waals surface area (Å²) < 4.78 is 22.5. The van der Waals surface area contributed by atoms with Crippen molar-refractivity contribution in [3.05, 3.63) is 0 Å². The first-order chi connectivity index (χ1) is 6.10. The molecule has 84 valence electrons. The van der Waals surface area contributed by atoms with Crippen LogP contribution in [0.15, 0.2) is 0 Å². The Morgan fingerprint density at radius 3 is 2.14 bits per heavy atom. The molecular weight excluding hydrogens is 214 g/mol. The first-order valence-corrected chi connectivity index (χ1v) is 5.53. The monoisotopic (exact) mass is 227 g/mol. The van der Waals surface area contributed by atoms with Crippen LogP contribution in [0.25, 0.3) is 0 Å². The normalized spacial score (nSPS) is 12.3. The molecule has 14 heavy (non-hydrogen) atoms. The predicted octanol–water partition coefficient (Wildman–Crippen LogP) is 0.334. The molecule has 0 aliphatic rings. The fourth-order valence-corrected chi connectivity index (χ4v) is 0.655. The molecule has 0 spiro atoms. The number of carbonyl (C=O) groups is 1. The van der Waals surface area contributed by atoms with Gasteiger partial charge in [0, 0.05) is 0 Å². The number of carbonyl (C=O) groups excluding carboxylic acids is 1. The van der Waals surface area contributed by atoms with Gasteiger partial charge < -0.3 is 0 Å². The van der Waals surface area contributed by atoms with E-state index in [9.17, 15) is 13.2 Å². The number of amides is 1. The second-order valence-corrected chi connectivity index (χ2v) is 5.26. The van der Waals surface area contributed by atoms with E-state index in [0.717, 1.165) is 6.26 Å². The summed E-state index contributed by atoms with van der Waals surface area (Å²) >= 11 is 0. The molecule has 0 radical (unpaired) electrons. The zero-order valence-electron chi connectivity index (χ0n) is 8.36. The zero-order chi connectivity index (χ0) is 11.4. The molecule has 0 atom stereocenters. The van der Waals surface area contributed by atoms with Crippen LogP contribution in [0.1, 0.15) is 20.8 Å². The summed E-state index contributed by atoms with van der Waals surface area (Å²) in [6.45, 7) is 4.97. The van der Waals surface area contributed by atoms with Gasteiger partial charge in [0.2, 0.25) is 10.0 Å². The zero-order valence-corrected chi connectivity index (χ0v) is 9.17. The second-order valence-electron chi connectivity index (χ2n) is 3.51. The van der Waals surface area contributed by atoms with E-state index in [0.29, 0.717) is 0 Å². The van der Waals surface area contributed by atoms with Gasteiger partial charge in [-0.1, -0.05) is 0 Å². The Labute approximate surface area is 82.2 Å². The lowest BCUT2D eigenvalue weighted by molar-refractivity contribution is -0.510. The van der Waals surface area contributed by atoms with Gasteiger partial charge in [-0.15, -0.1) is 0 Å². The number of sulfonamides is 1. The summed E-state index contributed by atoms with van der Waals surface area (Å²) in [6, 6.07) is 0. The first kappa shape index (κ1) is 13.1. The molecule has 0 aromatic carbocycles. The van der Waals surface area contributed by atoms with Crippen molar-refractivity contribution in [3.63, 3.8) is 0 Å². The van der Waals surface area contributed by atoms with Gasteiger partial charge in [0.15, 0.2) is 0 Å². The van der Waals surface area contributed by atoms with Gasteiger partial charge in [-0.2, -0.15) is 4.89 Å². The third kappa shape index (κ3) is 9.23. The van der Waals surface area contributed by atoms with Gasteiger partial charge in [-0.05, 0) is 25.8 Å². The van der Waals surface area contributed by atoms with Gasteiger partial charge >= 0.3 is 6.09 Å². The largest absolute Gasteiger partial charge is 0.455 e. The Balaban J connectivity index is 3.77. The van der Waals surface area contributed by atoms with E-state index in [-0.39, 0.29) is 0 Å². The van der Waals surface area contributed by atoms with Crippen LogP contribution in [0.2, 0.25) is 0 Å². The molecule has 0 rings (SSSR count). The molecule has 0 saturated heterocycles. The number of hydrogen-bond donors (Lipinski definition) is 1. The highest BCUT2D eigenvalue weighted by Crippen LogP contribution is 2.06. The van der Waals surface area contributed by atoms with Crippen molar-refractivity contribution in [2.45, 2.75) is 26.4 Å². The summed E-state index contributed by atoms with van der Waals surface area (Å²) in [4.78, 5) is 19.1. The Bertz CT molecular complexity index is 290. The maximum Gasteiger partial charge on any atom is 0.455 e. The van der Waals surface area contributed by atoms with Crippen LogP contribution in [0, 0.1) is 0 Å². The van der Waals surface area contributed by atoms with Crippen LogP contribution < -0.4 is 4.72 Å². The number of rotatable bonds is 3. The minimum absolute atomic E-state index is 0.661. The molecule has 0 saturated carbocycles. The molecule has 7 nitrogen and oxygen atoms in total. The highest BCUT2D eigenvalue weighted by atomic mass is 32.2. The van der Waals surface area contributed by atoms with E-state index >= 15 is 0 Å². The molecule has 0 heterocycles. The van der Waals surface area contributed by atoms with E-state index < -0.39 is 21.7 Å². The lowest BCUT2D eigenvalue weighted by Gasteiger charge is -2.15. The summed E-state index contributed by atoms with van der Waals surface area (Å²) in [5, 5.41) is 4.03. The molecule has 0 unspecified atom stereocenters. The highest BCUT2D eigenvalue weighted by molar-refractivity contribution is 7.89. The molecule has 0 aliphatic heterocycles. The third-order valence-corrected chi connectivity index (χ3v) is 1.20. The first-order valence-electron chi connectivity index (χ1n) is 3.64. The van der Waals surface area contributed by atoms with Crippen LogP contribution in [-0.4, -0.2) is 26.4 Å². The van der Waals surface area contributed by atoms with E-state index in [1.807, 2.05) is 0 Å². The maximum absolute atomic E-state index is 10.6. The number of hydrogen-bond acceptors (Lipinski definition) is 6. The van der Waals surface area contributed by atoms with Crippen LogP contribution >= 0.6 is 0 Å². The van der Waals surface area contributed by atoms with Crippen LogP contribution in [0.3, 0.4) is 0 Å². The van der Waals surface area contributed by atoms with Crippen LogP contribution in [-0.2, 0) is 24.8 Å². The predicted molar refractivity (Wildman–Crippen MR) is 46.4 cm³/mol. The SMILES string of the molecule is CC(C)(C)OOOC(=O)NS(C)(=O)=O. The van der Waals surface area contributed by atoms with Crippen LogP contribution in [0.5, 0.6) is 0 Å². The molecule has 0 fully saturated rings. The van der Waals surface area contributed by atoms with E-state index in [1.54, 1.807) is 20.8 Å². The minimum atomic E-state index is -3.65. The van der Waals surface area contributed by atoms with Gasteiger partial charge in [0.05, 0.1) is 11.9 Å². The van der Waals surface area contributed by atoms with Gasteiger partial charge in [0.1, 0.15) is 0 Å². The molecule has 0 aromatic rings. The third-order valence-electron chi connectivity index (χ3n) is 0.662. The standard InChI is InChI=1S/C6H13NO6S/c1-6(2,3)12-13-11-5(8)7-14(4,9)10/h1-4H3,(H,7,8). The fraction of sp³-hybridized carbons (Fsp3) is 0.833. The Kier molecular flexibility index (Phi) is 4.30. The summed E-state index contributed by atoms with van der Waals surface area (Å²) in [5.74, 6) is 0. The number of nitrogens with one attached hydrogen (secondary N) is 1. The lowest BCUT2D eigenvalue weighted by atomic mass is 10.2. The van der Waals surface area contributed by atoms with Gasteiger partial charge in [-0.25, -0.2) is 22.8 Å². The van der Waals surface area contributed by atoms with Crippen molar-refractivity contribution in [1.29, 1.82) is 0 Å². The van der Waals surface area contributed by atoms with E-state index in [2.05, 4.69) is 14.8 Å². The molecule has 1 amide bonds. The van der Waals surface area contributed by atoms with Crippen molar-refractivity contribution in [1.82, 2.24) is 4.72 Å². The molecular formula is C6H13NO6S. The van der Waals surface area contributed by atoms with Crippen molar-refractivity contribution in [2.75, 3.05) is 6.26 Å². The van der Waals surface area contributed by atoms with Crippen molar-refractivity contribution in [2.24, 2.45) is 0 Å². The molecule has 0 aliphatic carbocycles. The van der Waals surface area contributed by atoms with Gasteiger partial charge in [0.25, 0.3) is 0 Å². The summed E-state index contributed by atoms with van der Waals surface area (Å²) in [5.41, 5.74) is -0.661. The van der Waals surface area contributed by atoms with Crippen molar-refractivity contribution >= 4 is 16.1 Å². The minimum Gasteiger partial charge on any atom is -0.245 e. The average Bonchev–Trinajstić information content (AvgIpc) is 1.78. The van der Waals surface area contributed by atoms with E-state index in [4.69, 9.17) is 0 Å².